The van der Waals surface area contributed by atoms with Crippen LogP contribution in [0.2, 0.25) is 5.15 Å². The first-order valence-corrected chi connectivity index (χ1v) is 6.93. The molecule has 2 aromatic rings. The van der Waals surface area contributed by atoms with E-state index in [1.54, 1.807) is 6.07 Å². The second-order valence-corrected chi connectivity index (χ2v) is 5.29. The normalized spacial score (nSPS) is 14.3. The van der Waals surface area contributed by atoms with Crippen molar-refractivity contribution < 1.29 is 0 Å². The fourth-order valence-electron chi connectivity index (χ4n) is 2.61. The molecule has 0 saturated heterocycles. The Morgan fingerprint density at radius 1 is 1.26 bits per heavy atom. The van der Waals surface area contributed by atoms with Crippen LogP contribution in [0.5, 0.6) is 0 Å². The fourth-order valence-corrected chi connectivity index (χ4v) is 2.86. The Hall–Kier alpha value is -1.61. The van der Waals surface area contributed by atoms with Crippen molar-refractivity contribution >= 4 is 17.3 Å². The van der Waals surface area contributed by atoms with Crippen LogP contribution < -0.4 is 4.90 Å². The third-order valence-electron chi connectivity index (χ3n) is 3.41. The summed E-state index contributed by atoms with van der Waals surface area (Å²) in [6, 6.07) is 10.3. The molecule has 3 nitrogen and oxygen atoms in total. The predicted octanol–water partition coefficient (Wildman–Crippen LogP) is 3.39. The molecule has 1 aromatic carbocycles. The van der Waals surface area contributed by atoms with Gasteiger partial charge in [0.15, 0.2) is 0 Å². The van der Waals surface area contributed by atoms with E-state index in [2.05, 4.69) is 39.1 Å². The summed E-state index contributed by atoms with van der Waals surface area (Å²) in [6.45, 7) is 3.71. The molecular formula is C15H16ClN3. The second-order valence-electron chi connectivity index (χ2n) is 4.90. The van der Waals surface area contributed by atoms with Crippen LogP contribution in [-0.4, -0.2) is 16.5 Å². The van der Waals surface area contributed by atoms with E-state index in [1.165, 1.54) is 17.7 Å². The molecule has 0 unspecified atom stereocenters. The Bertz CT molecular complexity index is 577. The number of anilines is 1. The van der Waals surface area contributed by atoms with Gasteiger partial charge >= 0.3 is 0 Å². The number of nitrogens with zero attached hydrogens (tertiary/aromatic N) is 3. The average Bonchev–Trinajstić information content (AvgIpc) is 2.38. The van der Waals surface area contributed by atoms with E-state index in [9.17, 15) is 0 Å². The second kappa shape index (κ2) is 5.17. The average molecular weight is 274 g/mol. The van der Waals surface area contributed by atoms with E-state index < -0.39 is 0 Å². The quantitative estimate of drug-likeness (QED) is 0.786. The van der Waals surface area contributed by atoms with Crippen molar-refractivity contribution in [1.82, 2.24) is 9.97 Å². The lowest BCUT2D eigenvalue weighted by atomic mass is 10.0. The highest BCUT2D eigenvalue weighted by Gasteiger charge is 2.17. The molecule has 0 radical (unpaired) electrons. The molecule has 0 atom stereocenters. The van der Waals surface area contributed by atoms with Crippen molar-refractivity contribution in [2.45, 2.75) is 26.3 Å². The van der Waals surface area contributed by atoms with E-state index in [-0.39, 0.29) is 0 Å². The molecule has 0 saturated carbocycles. The first kappa shape index (κ1) is 12.4. The molecule has 1 aromatic heterocycles. The SMILES string of the molecule is Cc1cc(Cl)nc(CN2CCCc3ccccc32)n1. The van der Waals surface area contributed by atoms with E-state index in [0.29, 0.717) is 5.15 Å². The largest absolute Gasteiger partial charge is 0.364 e. The summed E-state index contributed by atoms with van der Waals surface area (Å²) >= 11 is 6.00. The first-order chi connectivity index (χ1) is 9.22. The van der Waals surface area contributed by atoms with Crippen LogP contribution in [-0.2, 0) is 13.0 Å². The van der Waals surface area contributed by atoms with Gasteiger partial charge in [-0.05, 0) is 37.5 Å². The molecule has 98 valence electrons. The molecule has 0 amide bonds. The Kier molecular flexibility index (Phi) is 3.38. The molecule has 2 heterocycles. The molecule has 0 N–H and O–H groups in total. The van der Waals surface area contributed by atoms with Crippen molar-refractivity contribution in [3.05, 3.63) is 52.6 Å². The van der Waals surface area contributed by atoms with Crippen LogP contribution in [0.3, 0.4) is 0 Å². The van der Waals surface area contributed by atoms with Crippen LogP contribution in [0.1, 0.15) is 23.5 Å². The van der Waals surface area contributed by atoms with Crippen LogP contribution in [0, 0.1) is 6.92 Å². The smallest absolute Gasteiger partial charge is 0.149 e. The number of aryl methyl sites for hydroxylation is 2. The van der Waals surface area contributed by atoms with Gasteiger partial charge < -0.3 is 4.90 Å². The molecule has 1 aliphatic rings. The van der Waals surface area contributed by atoms with Crippen molar-refractivity contribution in [3.63, 3.8) is 0 Å². The van der Waals surface area contributed by atoms with Gasteiger partial charge in [-0.1, -0.05) is 29.8 Å². The van der Waals surface area contributed by atoms with Crippen LogP contribution in [0.4, 0.5) is 5.69 Å². The van der Waals surface area contributed by atoms with Crippen molar-refractivity contribution in [3.8, 4) is 0 Å². The van der Waals surface area contributed by atoms with Gasteiger partial charge in [0, 0.05) is 17.9 Å². The zero-order chi connectivity index (χ0) is 13.2. The lowest BCUT2D eigenvalue weighted by Gasteiger charge is -2.30. The van der Waals surface area contributed by atoms with Crippen molar-refractivity contribution in [2.75, 3.05) is 11.4 Å². The minimum atomic E-state index is 0.521. The van der Waals surface area contributed by atoms with E-state index >= 15 is 0 Å². The van der Waals surface area contributed by atoms with E-state index in [1.807, 2.05) is 6.92 Å². The Balaban J connectivity index is 1.88. The number of hydrogen-bond acceptors (Lipinski definition) is 3. The molecule has 0 fully saturated rings. The summed E-state index contributed by atoms with van der Waals surface area (Å²) in [5, 5.41) is 0.521. The topological polar surface area (TPSA) is 29.0 Å². The zero-order valence-electron chi connectivity index (χ0n) is 10.9. The Morgan fingerprint density at radius 3 is 2.95 bits per heavy atom. The highest BCUT2D eigenvalue weighted by atomic mass is 35.5. The lowest BCUT2D eigenvalue weighted by molar-refractivity contribution is 0.672. The molecule has 19 heavy (non-hydrogen) atoms. The van der Waals surface area contributed by atoms with E-state index in [0.717, 1.165) is 31.0 Å². The molecule has 3 rings (SSSR count). The van der Waals surface area contributed by atoms with Crippen LogP contribution in [0.25, 0.3) is 0 Å². The van der Waals surface area contributed by atoms with Gasteiger partial charge in [-0.15, -0.1) is 0 Å². The highest BCUT2D eigenvalue weighted by molar-refractivity contribution is 6.29. The Labute approximate surface area is 118 Å². The molecule has 0 bridgehead atoms. The maximum absolute atomic E-state index is 6.00. The molecule has 0 spiro atoms. The number of halogens is 1. The fraction of sp³-hybridized carbons (Fsp3) is 0.333. The number of aromatic nitrogens is 2. The molecule has 4 heteroatoms. The lowest BCUT2D eigenvalue weighted by Crippen LogP contribution is -2.29. The van der Waals surface area contributed by atoms with Crippen molar-refractivity contribution in [2.24, 2.45) is 0 Å². The van der Waals surface area contributed by atoms with E-state index in [4.69, 9.17) is 11.6 Å². The Morgan fingerprint density at radius 2 is 2.11 bits per heavy atom. The van der Waals surface area contributed by atoms with Gasteiger partial charge in [-0.2, -0.15) is 0 Å². The summed E-state index contributed by atoms with van der Waals surface area (Å²) in [5.74, 6) is 0.793. The molecular weight excluding hydrogens is 258 g/mol. The van der Waals surface area contributed by atoms with Crippen LogP contribution in [0.15, 0.2) is 30.3 Å². The maximum atomic E-state index is 6.00. The zero-order valence-corrected chi connectivity index (χ0v) is 11.7. The number of rotatable bonds is 2. The van der Waals surface area contributed by atoms with Gasteiger partial charge in [0.1, 0.15) is 11.0 Å². The van der Waals surface area contributed by atoms with Gasteiger partial charge in [-0.3, -0.25) is 0 Å². The third kappa shape index (κ3) is 2.71. The number of benzene rings is 1. The first-order valence-electron chi connectivity index (χ1n) is 6.55. The summed E-state index contributed by atoms with van der Waals surface area (Å²) < 4.78 is 0. The number of hydrogen-bond donors (Lipinski definition) is 0. The highest BCUT2D eigenvalue weighted by Crippen LogP contribution is 2.27. The number of fused-ring (bicyclic) bond motifs is 1. The van der Waals surface area contributed by atoms with Gasteiger partial charge in [0.2, 0.25) is 0 Å². The standard InChI is InChI=1S/C15H16ClN3/c1-11-9-14(16)18-15(17-11)10-19-8-4-6-12-5-2-3-7-13(12)19/h2-3,5,7,9H,4,6,8,10H2,1H3. The number of para-hydroxylation sites is 1. The van der Waals surface area contributed by atoms with Gasteiger partial charge in [0.25, 0.3) is 0 Å². The summed E-state index contributed by atoms with van der Waals surface area (Å²) in [7, 11) is 0. The van der Waals surface area contributed by atoms with Crippen molar-refractivity contribution in [1.29, 1.82) is 0 Å². The molecule has 1 aliphatic heterocycles. The van der Waals surface area contributed by atoms with Gasteiger partial charge in [0.05, 0.1) is 6.54 Å². The van der Waals surface area contributed by atoms with Crippen LogP contribution >= 0.6 is 11.6 Å². The summed E-state index contributed by atoms with van der Waals surface area (Å²) in [5.41, 5.74) is 3.63. The summed E-state index contributed by atoms with van der Waals surface area (Å²) in [4.78, 5) is 11.1. The summed E-state index contributed by atoms with van der Waals surface area (Å²) in [6.07, 6.45) is 2.33. The maximum Gasteiger partial charge on any atom is 0.149 e. The molecule has 0 aliphatic carbocycles. The van der Waals surface area contributed by atoms with Gasteiger partial charge in [-0.25, -0.2) is 9.97 Å². The third-order valence-corrected chi connectivity index (χ3v) is 3.60. The minimum absolute atomic E-state index is 0.521. The monoisotopic (exact) mass is 273 g/mol. The predicted molar refractivity (Wildman–Crippen MR) is 77.6 cm³/mol. The minimum Gasteiger partial charge on any atom is -0.364 e.